The van der Waals surface area contributed by atoms with Gasteiger partial charge in [-0.3, -0.25) is 9.59 Å². The minimum Gasteiger partial charge on any atom is -0.439 e. The van der Waals surface area contributed by atoms with Crippen molar-refractivity contribution in [1.29, 1.82) is 0 Å². The molecular weight excluding hydrogens is 425 g/mol. The van der Waals surface area contributed by atoms with Crippen LogP contribution in [0.1, 0.15) is 22.8 Å². The van der Waals surface area contributed by atoms with Crippen LogP contribution in [0, 0.1) is 5.92 Å². The number of nitrogens with two attached hydrogens (primary N) is 1. The molecule has 1 heterocycles. The Morgan fingerprint density at radius 2 is 1.93 bits per heavy atom. The Balaban J connectivity index is 1.60. The Morgan fingerprint density at radius 3 is 2.60 bits per heavy atom. The van der Waals surface area contributed by atoms with Crippen molar-refractivity contribution in [2.24, 2.45) is 11.7 Å². The predicted octanol–water partition coefficient (Wildman–Crippen LogP) is 5.10. The molecule has 2 aromatic carbocycles. The van der Waals surface area contributed by atoms with Crippen LogP contribution in [0.4, 0.5) is 5.69 Å². The maximum absolute atomic E-state index is 12.5. The number of nitrogens with one attached hydrogen (secondary N) is 1. The van der Waals surface area contributed by atoms with Crippen LogP contribution in [-0.4, -0.2) is 16.8 Å². The molecule has 3 rings (SSSR count). The van der Waals surface area contributed by atoms with Gasteiger partial charge in [0, 0.05) is 27.6 Å². The maximum atomic E-state index is 12.5. The first-order valence-electron chi connectivity index (χ1n) is 9.10. The second-order valence-electron chi connectivity index (χ2n) is 6.71. The molecule has 0 saturated heterocycles. The second-order valence-corrected chi connectivity index (χ2v) is 7.55. The third kappa shape index (κ3) is 5.72. The minimum atomic E-state index is -0.541. The summed E-state index contributed by atoms with van der Waals surface area (Å²) in [5.74, 6) is -0.262. The van der Waals surface area contributed by atoms with Crippen LogP contribution < -0.4 is 15.8 Å². The molecule has 8 heteroatoms. The van der Waals surface area contributed by atoms with E-state index >= 15 is 0 Å². The number of halogens is 2. The molecule has 0 saturated carbocycles. The van der Waals surface area contributed by atoms with Crippen molar-refractivity contribution in [3.05, 3.63) is 82.0 Å². The topological polar surface area (TPSA) is 94.3 Å². The van der Waals surface area contributed by atoms with Gasteiger partial charge in [0.1, 0.15) is 5.75 Å². The van der Waals surface area contributed by atoms with Gasteiger partial charge in [-0.05, 0) is 48.4 Å². The normalized spacial score (nSPS) is 11.6. The molecular formula is C22H19Cl2N3O3. The first-order chi connectivity index (χ1) is 14.3. The number of anilines is 1. The summed E-state index contributed by atoms with van der Waals surface area (Å²) in [6.07, 6.45) is 1.97. The third-order valence-electron chi connectivity index (χ3n) is 4.33. The molecule has 0 radical (unpaired) electrons. The predicted molar refractivity (Wildman–Crippen MR) is 117 cm³/mol. The van der Waals surface area contributed by atoms with Crippen molar-refractivity contribution in [3.8, 4) is 11.6 Å². The van der Waals surface area contributed by atoms with Crippen molar-refractivity contribution in [2.75, 3.05) is 5.32 Å². The Kier molecular flexibility index (Phi) is 6.92. The first-order valence-corrected chi connectivity index (χ1v) is 9.86. The van der Waals surface area contributed by atoms with Crippen LogP contribution in [0.2, 0.25) is 10.0 Å². The average molecular weight is 444 g/mol. The van der Waals surface area contributed by atoms with E-state index in [0.29, 0.717) is 39.3 Å². The fraction of sp³-hybridized carbons (Fsp3) is 0.136. The summed E-state index contributed by atoms with van der Waals surface area (Å²) in [4.78, 5) is 27.9. The molecule has 0 aliphatic heterocycles. The third-order valence-corrected chi connectivity index (χ3v) is 4.92. The standard InChI is InChI=1S/C22H19Cl2N3O3/c1-13(9-14-5-6-16(23)11-19(14)24)22(29)27-17-7-8-20(26-12-17)30-18-4-2-3-15(10-18)21(25)28/h2-8,10-13H,9H2,1H3,(H2,25,28)(H,27,29). The van der Waals surface area contributed by atoms with Gasteiger partial charge in [0.2, 0.25) is 17.7 Å². The number of hydrogen-bond acceptors (Lipinski definition) is 4. The summed E-state index contributed by atoms with van der Waals surface area (Å²) >= 11 is 12.1. The number of ether oxygens (including phenoxy) is 1. The molecule has 154 valence electrons. The highest BCUT2D eigenvalue weighted by Crippen LogP contribution is 2.25. The van der Waals surface area contributed by atoms with E-state index in [4.69, 9.17) is 33.7 Å². The monoisotopic (exact) mass is 443 g/mol. The van der Waals surface area contributed by atoms with Gasteiger partial charge in [0.05, 0.1) is 11.9 Å². The fourth-order valence-electron chi connectivity index (χ4n) is 2.72. The van der Waals surface area contributed by atoms with Crippen LogP contribution in [0.25, 0.3) is 0 Å². The lowest BCUT2D eigenvalue weighted by molar-refractivity contribution is -0.119. The lowest BCUT2D eigenvalue weighted by atomic mass is 10.0. The van der Waals surface area contributed by atoms with Gasteiger partial charge in [-0.2, -0.15) is 0 Å². The molecule has 6 nitrogen and oxygen atoms in total. The van der Waals surface area contributed by atoms with Crippen LogP contribution in [0.15, 0.2) is 60.8 Å². The van der Waals surface area contributed by atoms with E-state index in [1.807, 2.05) is 13.0 Å². The zero-order valence-electron chi connectivity index (χ0n) is 16.1. The molecule has 0 aliphatic carbocycles. The number of rotatable bonds is 7. The first kappa shape index (κ1) is 21.6. The highest BCUT2D eigenvalue weighted by molar-refractivity contribution is 6.35. The highest BCUT2D eigenvalue weighted by Gasteiger charge is 2.16. The Hall–Kier alpha value is -3.09. The number of amides is 2. The quantitative estimate of drug-likeness (QED) is 0.530. The van der Waals surface area contributed by atoms with E-state index in [1.54, 1.807) is 42.5 Å². The molecule has 2 amide bonds. The summed E-state index contributed by atoms with van der Waals surface area (Å²) in [7, 11) is 0. The number of pyridine rings is 1. The van der Waals surface area contributed by atoms with E-state index in [-0.39, 0.29) is 11.8 Å². The molecule has 1 aromatic heterocycles. The zero-order valence-corrected chi connectivity index (χ0v) is 17.6. The lowest BCUT2D eigenvalue weighted by Crippen LogP contribution is -2.22. The summed E-state index contributed by atoms with van der Waals surface area (Å²) < 4.78 is 5.62. The zero-order chi connectivity index (χ0) is 21.7. The summed E-state index contributed by atoms with van der Waals surface area (Å²) in [5, 5.41) is 3.91. The maximum Gasteiger partial charge on any atom is 0.248 e. The average Bonchev–Trinajstić information content (AvgIpc) is 2.71. The largest absolute Gasteiger partial charge is 0.439 e. The van der Waals surface area contributed by atoms with E-state index in [2.05, 4.69) is 10.3 Å². The number of hydrogen-bond donors (Lipinski definition) is 2. The van der Waals surface area contributed by atoms with Crippen LogP contribution in [0.3, 0.4) is 0 Å². The number of carbonyl (C=O) groups is 2. The molecule has 30 heavy (non-hydrogen) atoms. The van der Waals surface area contributed by atoms with E-state index in [9.17, 15) is 9.59 Å². The SMILES string of the molecule is CC(Cc1ccc(Cl)cc1Cl)C(=O)Nc1ccc(Oc2cccc(C(N)=O)c2)nc1. The van der Waals surface area contributed by atoms with Gasteiger partial charge in [0.25, 0.3) is 0 Å². The lowest BCUT2D eigenvalue weighted by Gasteiger charge is -2.13. The molecule has 3 N–H and O–H groups in total. The smallest absolute Gasteiger partial charge is 0.248 e. The van der Waals surface area contributed by atoms with Crippen molar-refractivity contribution >= 4 is 40.7 Å². The molecule has 1 unspecified atom stereocenters. The van der Waals surface area contributed by atoms with Crippen LogP contribution in [-0.2, 0) is 11.2 Å². The van der Waals surface area contributed by atoms with Crippen molar-refractivity contribution in [2.45, 2.75) is 13.3 Å². The van der Waals surface area contributed by atoms with E-state index in [1.165, 1.54) is 12.3 Å². The van der Waals surface area contributed by atoms with E-state index < -0.39 is 5.91 Å². The highest BCUT2D eigenvalue weighted by atomic mass is 35.5. The van der Waals surface area contributed by atoms with Gasteiger partial charge in [-0.15, -0.1) is 0 Å². The van der Waals surface area contributed by atoms with Crippen molar-refractivity contribution in [3.63, 3.8) is 0 Å². The summed E-state index contributed by atoms with van der Waals surface area (Å²) in [6, 6.07) is 15.0. The number of primary amides is 1. The Labute approximate surface area is 184 Å². The number of benzene rings is 2. The van der Waals surface area contributed by atoms with Crippen LogP contribution >= 0.6 is 23.2 Å². The molecule has 0 aliphatic rings. The van der Waals surface area contributed by atoms with Gasteiger partial charge in [-0.1, -0.05) is 42.3 Å². The number of carbonyl (C=O) groups excluding carboxylic acids is 2. The van der Waals surface area contributed by atoms with Gasteiger partial charge in [0.15, 0.2) is 0 Å². The van der Waals surface area contributed by atoms with E-state index in [0.717, 1.165) is 5.56 Å². The molecule has 0 fully saturated rings. The molecule has 3 aromatic rings. The van der Waals surface area contributed by atoms with Crippen LogP contribution in [0.5, 0.6) is 11.6 Å². The van der Waals surface area contributed by atoms with Gasteiger partial charge < -0.3 is 15.8 Å². The number of nitrogens with zero attached hydrogens (tertiary/aromatic N) is 1. The Bertz CT molecular complexity index is 1070. The summed E-state index contributed by atoms with van der Waals surface area (Å²) in [6.45, 7) is 1.82. The summed E-state index contributed by atoms with van der Waals surface area (Å²) in [5.41, 5.74) is 6.99. The van der Waals surface area contributed by atoms with Gasteiger partial charge in [-0.25, -0.2) is 4.98 Å². The Morgan fingerprint density at radius 1 is 1.13 bits per heavy atom. The minimum absolute atomic E-state index is 0.161. The van der Waals surface area contributed by atoms with Crippen molar-refractivity contribution in [1.82, 2.24) is 4.98 Å². The van der Waals surface area contributed by atoms with Crippen molar-refractivity contribution < 1.29 is 14.3 Å². The second kappa shape index (κ2) is 9.61. The fourth-order valence-corrected chi connectivity index (χ4v) is 3.21. The molecule has 1 atom stereocenters. The number of aromatic nitrogens is 1. The molecule has 0 spiro atoms. The molecule has 0 bridgehead atoms. The van der Waals surface area contributed by atoms with Gasteiger partial charge >= 0.3 is 0 Å².